The molecule has 11 heteroatoms. The topological polar surface area (TPSA) is 155 Å². The first kappa shape index (κ1) is 20.3. The number of hydrogen-bond donors (Lipinski definition) is 5. The summed E-state index contributed by atoms with van der Waals surface area (Å²) < 4.78 is 12.2. The lowest BCUT2D eigenvalue weighted by molar-refractivity contribution is -0.0511. The zero-order valence-corrected chi connectivity index (χ0v) is 16.2. The van der Waals surface area contributed by atoms with Gasteiger partial charge in [0.25, 0.3) is 0 Å². The highest BCUT2D eigenvalue weighted by Crippen LogP contribution is 2.32. The van der Waals surface area contributed by atoms with Crippen LogP contribution in [0.5, 0.6) is 11.5 Å². The van der Waals surface area contributed by atoms with Gasteiger partial charge in [0.1, 0.15) is 24.6 Å². The van der Waals surface area contributed by atoms with Gasteiger partial charge in [0, 0.05) is 6.54 Å². The van der Waals surface area contributed by atoms with E-state index in [1.165, 1.54) is 24.3 Å². The summed E-state index contributed by atoms with van der Waals surface area (Å²) >= 11 is 0. The van der Waals surface area contributed by atoms with Crippen LogP contribution in [-0.4, -0.2) is 78.5 Å². The van der Waals surface area contributed by atoms with E-state index in [2.05, 4.69) is 20.3 Å². The SMILES string of the molecule is COc1cc(CCNc2ncnc3c2ncn3[C@@H]2O[C@H](CO)C(O)[C@@H]2O)ccc1O. The molecular formula is C19H23N5O6. The molecule has 0 radical (unpaired) electrons. The Morgan fingerprint density at radius 1 is 1.20 bits per heavy atom. The van der Waals surface area contributed by atoms with E-state index in [0.29, 0.717) is 35.7 Å². The number of rotatable bonds is 7. The predicted molar refractivity (Wildman–Crippen MR) is 105 cm³/mol. The Bertz CT molecular complexity index is 1030. The fourth-order valence-electron chi connectivity index (χ4n) is 3.48. The zero-order valence-electron chi connectivity index (χ0n) is 16.2. The molecule has 1 aliphatic heterocycles. The lowest BCUT2D eigenvalue weighted by Crippen LogP contribution is -2.33. The highest BCUT2D eigenvalue weighted by molar-refractivity contribution is 5.82. The summed E-state index contributed by atoms with van der Waals surface area (Å²) in [5, 5.41) is 42.4. The third-order valence-electron chi connectivity index (χ3n) is 5.10. The number of nitrogens with one attached hydrogen (secondary N) is 1. The first-order valence-electron chi connectivity index (χ1n) is 9.43. The molecule has 1 saturated heterocycles. The van der Waals surface area contributed by atoms with Crippen molar-refractivity contribution in [1.29, 1.82) is 0 Å². The van der Waals surface area contributed by atoms with Crippen LogP contribution in [0.3, 0.4) is 0 Å². The average Bonchev–Trinajstić information content (AvgIpc) is 3.31. The van der Waals surface area contributed by atoms with E-state index in [-0.39, 0.29) is 5.75 Å². The number of hydrogen-bond acceptors (Lipinski definition) is 10. The van der Waals surface area contributed by atoms with Crippen LogP contribution < -0.4 is 10.1 Å². The molecule has 1 fully saturated rings. The van der Waals surface area contributed by atoms with Gasteiger partial charge in [0.05, 0.1) is 20.0 Å². The molecule has 3 heterocycles. The van der Waals surface area contributed by atoms with Crippen LogP contribution in [0.1, 0.15) is 11.8 Å². The van der Waals surface area contributed by atoms with Gasteiger partial charge in [0.2, 0.25) is 0 Å². The number of methoxy groups -OCH3 is 1. The molecular weight excluding hydrogens is 394 g/mol. The number of nitrogens with zero attached hydrogens (tertiary/aromatic N) is 4. The Hall–Kier alpha value is -2.99. The molecule has 30 heavy (non-hydrogen) atoms. The number of aromatic nitrogens is 4. The third kappa shape index (κ3) is 3.63. The maximum atomic E-state index is 10.3. The minimum atomic E-state index is -1.23. The fraction of sp³-hybridized carbons (Fsp3) is 0.421. The van der Waals surface area contributed by atoms with E-state index in [4.69, 9.17) is 9.47 Å². The quantitative estimate of drug-likeness (QED) is 0.349. The maximum Gasteiger partial charge on any atom is 0.167 e. The van der Waals surface area contributed by atoms with Gasteiger partial charge in [-0.3, -0.25) is 4.57 Å². The van der Waals surface area contributed by atoms with Crippen molar-refractivity contribution in [3.63, 3.8) is 0 Å². The van der Waals surface area contributed by atoms with Gasteiger partial charge in [-0.2, -0.15) is 0 Å². The number of aliphatic hydroxyl groups is 3. The van der Waals surface area contributed by atoms with E-state index in [9.17, 15) is 20.4 Å². The highest BCUT2D eigenvalue weighted by atomic mass is 16.6. The van der Waals surface area contributed by atoms with Crippen LogP contribution >= 0.6 is 0 Å². The van der Waals surface area contributed by atoms with Crippen LogP contribution in [0.2, 0.25) is 0 Å². The second-order valence-corrected chi connectivity index (χ2v) is 6.96. The molecule has 1 unspecified atom stereocenters. The van der Waals surface area contributed by atoms with Gasteiger partial charge < -0.3 is 35.2 Å². The Morgan fingerprint density at radius 2 is 2.03 bits per heavy atom. The molecule has 1 aliphatic rings. The fourth-order valence-corrected chi connectivity index (χ4v) is 3.48. The number of phenols is 1. The van der Waals surface area contributed by atoms with Crippen LogP contribution in [0, 0.1) is 0 Å². The number of benzene rings is 1. The van der Waals surface area contributed by atoms with E-state index in [1.807, 2.05) is 6.07 Å². The van der Waals surface area contributed by atoms with Crippen LogP contribution in [0.4, 0.5) is 5.82 Å². The first-order valence-corrected chi connectivity index (χ1v) is 9.43. The van der Waals surface area contributed by atoms with Crippen LogP contribution in [0.25, 0.3) is 11.2 Å². The molecule has 5 N–H and O–H groups in total. The number of anilines is 1. The van der Waals surface area contributed by atoms with Crippen molar-refractivity contribution >= 4 is 17.0 Å². The largest absolute Gasteiger partial charge is 0.504 e. The molecule has 1 aromatic carbocycles. The van der Waals surface area contributed by atoms with Gasteiger partial charge in [-0.25, -0.2) is 15.0 Å². The maximum absolute atomic E-state index is 10.3. The lowest BCUT2D eigenvalue weighted by atomic mass is 10.1. The Kier molecular flexibility index (Phi) is 5.68. The van der Waals surface area contributed by atoms with Crippen molar-refractivity contribution in [1.82, 2.24) is 19.5 Å². The predicted octanol–water partition coefficient (Wildman–Crippen LogP) is -0.193. The number of ether oxygens (including phenoxy) is 2. The molecule has 0 spiro atoms. The molecule has 3 aromatic rings. The molecule has 4 rings (SSSR count). The Morgan fingerprint density at radius 3 is 2.77 bits per heavy atom. The van der Waals surface area contributed by atoms with Crippen molar-refractivity contribution in [3.05, 3.63) is 36.4 Å². The van der Waals surface area contributed by atoms with Gasteiger partial charge >= 0.3 is 0 Å². The minimum Gasteiger partial charge on any atom is -0.504 e. The highest BCUT2D eigenvalue weighted by Gasteiger charge is 2.44. The summed E-state index contributed by atoms with van der Waals surface area (Å²) in [5.41, 5.74) is 1.88. The summed E-state index contributed by atoms with van der Waals surface area (Å²) in [7, 11) is 1.50. The number of imidazole rings is 1. The van der Waals surface area contributed by atoms with Crippen molar-refractivity contribution < 1.29 is 29.9 Å². The standard InChI is InChI=1S/C19H23N5O6/c1-29-12-6-10(2-3-11(12)26)4-5-20-17-14-18(22-8-21-17)24(9-23-14)19-16(28)15(27)13(7-25)30-19/h2-3,6,8-9,13,15-16,19,25-28H,4-5,7H2,1H3,(H,20,21,22)/t13-,15?,16+,19-/m1/s1. The zero-order chi connectivity index (χ0) is 21.3. The molecule has 0 aliphatic carbocycles. The second kappa shape index (κ2) is 8.40. The van der Waals surface area contributed by atoms with Crippen molar-refractivity contribution in [3.8, 4) is 11.5 Å². The monoisotopic (exact) mass is 417 g/mol. The molecule has 160 valence electrons. The van der Waals surface area contributed by atoms with E-state index in [0.717, 1.165) is 5.56 Å². The van der Waals surface area contributed by atoms with Gasteiger partial charge in [0.15, 0.2) is 34.7 Å². The van der Waals surface area contributed by atoms with E-state index < -0.39 is 31.1 Å². The molecule has 4 atom stereocenters. The molecule has 11 nitrogen and oxygen atoms in total. The summed E-state index contributed by atoms with van der Waals surface area (Å²) in [4.78, 5) is 12.8. The molecule has 0 bridgehead atoms. The lowest BCUT2D eigenvalue weighted by Gasteiger charge is -2.16. The van der Waals surface area contributed by atoms with Gasteiger partial charge in [-0.1, -0.05) is 6.07 Å². The number of aromatic hydroxyl groups is 1. The second-order valence-electron chi connectivity index (χ2n) is 6.96. The number of aliphatic hydroxyl groups excluding tert-OH is 3. The van der Waals surface area contributed by atoms with Crippen LogP contribution in [-0.2, 0) is 11.2 Å². The Labute approximate surface area is 171 Å². The third-order valence-corrected chi connectivity index (χ3v) is 5.10. The van der Waals surface area contributed by atoms with Crippen molar-refractivity contribution in [2.75, 3.05) is 25.6 Å². The minimum absolute atomic E-state index is 0.0853. The van der Waals surface area contributed by atoms with Crippen molar-refractivity contribution in [2.24, 2.45) is 0 Å². The number of fused-ring (bicyclic) bond motifs is 1. The molecule has 0 saturated carbocycles. The van der Waals surface area contributed by atoms with Gasteiger partial charge in [-0.15, -0.1) is 0 Å². The Balaban J connectivity index is 1.50. The van der Waals surface area contributed by atoms with Crippen molar-refractivity contribution in [2.45, 2.75) is 31.0 Å². The van der Waals surface area contributed by atoms with E-state index >= 15 is 0 Å². The normalized spacial score (nSPS) is 23.7. The average molecular weight is 417 g/mol. The number of phenolic OH excluding ortho intramolecular Hbond substituents is 1. The molecule has 0 amide bonds. The smallest absolute Gasteiger partial charge is 0.167 e. The van der Waals surface area contributed by atoms with Gasteiger partial charge in [-0.05, 0) is 24.1 Å². The van der Waals surface area contributed by atoms with Crippen LogP contribution in [0.15, 0.2) is 30.9 Å². The summed E-state index contributed by atoms with van der Waals surface area (Å²) in [5.74, 6) is 1.01. The first-order chi connectivity index (χ1) is 14.5. The summed E-state index contributed by atoms with van der Waals surface area (Å²) in [6.07, 6.45) is -0.769. The summed E-state index contributed by atoms with van der Waals surface area (Å²) in [6.45, 7) is 0.131. The van der Waals surface area contributed by atoms with E-state index in [1.54, 1.807) is 12.1 Å². The summed E-state index contributed by atoms with van der Waals surface area (Å²) in [6, 6.07) is 5.16. The molecule has 2 aromatic heterocycles.